The van der Waals surface area contributed by atoms with Gasteiger partial charge in [0.25, 0.3) is 5.97 Å². The Kier molecular flexibility index (Phi) is 19.1. The highest BCUT2D eigenvalue weighted by molar-refractivity contribution is 5.93. The number of carbonyl (C=O) groups is 3. The fourth-order valence-electron chi connectivity index (χ4n) is 5.20. The van der Waals surface area contributed by atoms with Gasteiger partial charge in [-0.15, -0.1) is 0 Å². The Morgan fingerprint density at radius 2 is 1.37 bits per heavy atom. The zero-order chi connectivity index (χ0) is 30.1. The monoisotopic (exact) mass is 633 g/mol. The van der Waals surface area contributed by atoms with Crippen LogP contribution in [0.2, 0.25) is 0 Å². The van der Waals surface area contributed by atoms with Crippen LogP contribution in [0.25, 0.3) is 0 Å². The highest BCUT2D eigenvalue weighted by Gasteiger charge is 2.27. The molecule has 1 amide bonds. The molecule has 230 valence electrons. The standard InChI is InChI=1S/C31H47N3O2.C2H4O2.BrH/c1-7-19-34(8-2,23-28(35)21-29-24(3)14-12-15-25(29)4)20-11-9-10-18-32-22-30(36)33-31-26(5)16-13-17-27(31)6;1-2(3)4;/h12-17,32H,7-11,18-23H2,1-6H3;1H3,(H,3,4);1H. The summed E-state index contributed by atoms with van der Waals surface area (Å²) in [7, 11) is 0. The van der Waals surface area contributed by atoms with Crippen LogP contribution < -0.4 is 27.6 Å². The van der Waals surface area contributed by atoms with Gasteiger partial charge in [0.2, 0.25) is 5.91 Å². The summed E-state index contributed by atoms with van der Waals surface area (Å²) in [6, 6.07) is 12.3. The van der Waals surface area contributed by atoms with Crippen molar-refractivity contribution in [3.05, 3.63) is 64.2 Å². The van der Waals surface area contributed by atoms with E-state index < -0.39 is 5.97 Å². The maximum absolute atomic E-state index is 13.1. The van der Waals surface area contributed by atoms with Gasteiger partial charge < -0.3 is 37.2 Å². The molecule has 0 heterocycles. The van der Waals surface area contributed by atoms with Crippen molar-refractivity contribution in [2.45, 2.75) is 80.6 Å². The number of carbonyl (C=O) groups excluding carboxylic acids is 2. The Morgan fingerprint density at radius 1 is 0.829 bits per heavy atom. The number of amides is 1. The minimum absolute atomic E-state index is 0. The number of carboxylic acid groups (broad SMARTS) is 1. The number of para-hydroxylation sites is 1. The summed E-state index contributed by atoms with van der Waals surface area (Å²) >= 11 is 0. The molecule has 0 spiro atoms. The van der Waals surface area contributed by atoms with Gasteiger partial charge in [-0.25, -0.2) is 0 Å². The normalized spacial score (nSPS) is 11.9. The van der Waals surface area contributed by atoms with E-state index in [1.165, 1.54) is 16.7 Å². The smallest absolute Gasteiger partial charge is 0.300 e. The minimum Gasteiger partial charge on any atom is -1.00 e. The predicted molar refractivity (Wildman–Crippen MR) is 165 cm³/mol. The van der Waals surface area contributed by atoms with Gasteiger partial charge in [0.1, 0.15) is 6.54 Å². The van der Waals surface area contributed by atoms with Crippen molar-refractivity contribution in [2.24, 2.45) is 0 Å². The predicted octanol–water partition coefficient (Wildman–Crippen LogP) is 2.77. The molecule has 0 aromatic heterocycles. The molecular formula is C33H52BrN3O4. The third kappa shape index (κ3) is 14.8. The van der Waals surface area contributed by atoms with Crippen LogP contribution in [0.4, 0.5) is 5.69 Å². The number of hydrogen-bond acceptors (Lipinski definition) is 4. The molecule has 2 aromatic rings. The van der Waals surface area contributed by atoms with Gasteiger partial charge in [0, 0.05) is 19.0 Å². The second kappa shape index (κ2) is 20.3. The number of unbranched alkanes of at least 4 members (excludes halogenated alkanes) is 2. The van der Waals surface area contributed by atoms with Gasteiger partial charge >= 0.3 is 0 Å². The number of rotatable bonds is 16. The second-order valence-corrected chi connectivity index (χ2v) is 10.9. The molecule has 0 fully saturated rings. The Morgan fingerprint density at radius 3 is 1.88 bits per heavy atom. The number of hydrogen-bond donors (Lipinski definition) is 3. The van der Waals surface area contributed by atoms with E-state index in [0.717, 1.165) is 80.1 Å². The molecule has 2 rings (SSSR count). The van der Waals surface area contributed by atoms with Crippen molar-refractivity contribution in [3.63, 3.8) is 0 Å². The summed E-state index contributed by atoms with van der Waals surface area (Å²) in [6.45, 7) is 18.6. The lowest BCUT2D eigenvalue weighted by Crippen LogP contribution is -3.00. The molecule has 1 atom stereocenters. The van der Waals surface area contributed by atoms with E-state index in [1.54, 1.807) is 0 Å². The Hall–Kier alpha value is -2.55. The molecule has 0 aliphatic carbocycles. The van der Waals surface area contributed by atoms with Gasteiger partial charge in [0.05, 0.1) is 26.2 Å². The fourth-order valence-corrected chi connectivity index (χ4v) is 5.20. The molecule has 8 heteroatoms. The maximum Gasteiger partial charge on any atom is 0.300 e. The average molecular weight is 635 g/mol. The van der Waals surface area contributed by atoms with Crippen LogP contribution in [-0.2, 0) is 20.8 Å². The maximum atomic E-state index is 13.1. The van der Waals surface area contributed by atoms with Crippen molar-refractivity contribution in [3.8, 4) is 0 Å². The van der Waals surface area contributed by atoms with E-state index in [-0.39, 0.29) is 22.9 Å². The van der Waals surface area contributed by atoms with Gasteiger partial charge in [-0.3, -0.25) is 14.4 Å². The Balaban J connectivity index is 0.00000299. The average Bonchev–Trinajstić information content (AvgIpc) is 2.87. The quantitative estimate of drug-likeness (QED) is 0.195. The summed E-state index contributed by atoms with van der Waals surface area (Å²) in [5.74, 6) is -0.487. The minimum atomic E-state index is -0.833. The number of aryl methyl sites for hydroxylation is 4. The van der Waals surface area contributed by atoms with Crippen LogP contribution in [0, 0.1) is 27.7 Å². The molecule has 0 saturated carbocycles. The summed E-state index contributed by atoms with van der Waals surface area (Å²) in [4.78, 5) is 34.4. The lowest BCUT2D eigenvalue weighted by Gasteiger charge is -2.37. The Bertz CT molecular complexity index is 1060. The number of carboxylic acids is 1. The van der Waals surface area contributed by atoms with Crippen LogP contribution >= 0.6 is 0 Å². The number of nitrogens with one attached hydrogen (secondary N) is 2. The zero-order valence-corrected chi connectivity index (χ0v) is 27.8. The number of Topliss-reactive ketones (excluding diaryl/α,β-unsaturated/α-hetero) is 1. The number of ketones is 1. The van der Waals surface area contributed by atoms with Crippen molar-refractivity contribution in [2.75, 3.05) is 44.6 Å². The number of quaternary nitrogens is 1. The molecule has 41 heavy (non-hydrogen) atoms. The van der Waals surface area contributed by atoms with Gasteiger partial charge in [-0.05, 0) is 94.7 Å². The number of halogens is 1. The van der Waals surface area contributed by atoms with Crippen LogP contribution in [0.5, 0.6) is 0 Å². The van der Waals surface area contributed by atoms with Crippen molar-refractivity contribution >= 4 is 23.3 Å². The van der Waals surface area contributed by atoms with E-state index in [2.05, 4.69) is 56.5 Å². The molecule has 0 aliphatic heterocycles. The van der Waals surface area contributed by atoms with E-state index >= 15 is 0 Å². The lowest BCUT2D eigenvalue weighted by atomic mass is 9.97. The van der Waals surface area contributed by atoms with E-state index in [4.69, 9.17) is 9.90 Å². The van der Waals surface area contributed by atoms with Crippen LogP contribution in [-0.4, -0.2) is 66.5 Å². The van der Waals surface area contributed by atoms with Crippen LogP contribution in [0.3, 0.4) is 0 Å². The summed E-state index contributed by atoms with van der Waals surface area (Å²) in [5.41, 5.74) is 6.70. The van der Waals surface area contributed by atoms with Gasteiger partial charge in [0.15, 0.2) is 5.78 Å². The van der Waals surface area contributed by atoms with Gasteiger partial charge in [-0.1, -0.05) is 43.3 Å². The first-order chi connectivity index (χ1) is 18.9. The number of likely N-dealkylation sites (N-methyl/N-ethyl adjacent to an activating group) is 1. The number of aliphatic carboxylic acids is 1. The fraction of sp³-hybridized carbons (Fsp3) is 0.545. The van der Waals surface area contributed by atoms with Crippen molar-refractivity contribution in [1.82, 2.24) is 5.32 Å². The topological polar surface area (TPSA) is 95.5 Å². The number of nitrogens with zero attached hydrogens (tertiary/aromatic N) is 1. The second-order valence-electron chi connectivity index (χ2n) is 10.9. The zero-order valence-electron chi connectivity index (χ0n) is 26.2. The molecule has 2 aromatic carbocycles. The molecule has 3 N–H and O–H groups in total. The SMILES string of the molecule is CC(=O)O.CCC[N+](CC)(CCCCCNCC(=O)Nc1c(C)cccc1C)CC(=O)Cc1c(C)cccc1C.[Br-]. The first-order valence-electron chi connectivity index (χ1n) is 14.6. The third-order valence-corrected chi connectivity index (χ3v) is 7.42. The van der Waals surface area contributed by atoms with Crippen molar-refractivity contribution in [1.29, 1.82) is 0 Å². The number of anilines is 1. The largest absolute Gasteiger partial charge is 1.00 e. The molecule has 0 aliphatic rings. The Labute approximate surface area is 258 Å². The van der Waals surface area contributed by atoms with Crippen LogP contribution in [0.15, 0.2) is 36.4 Å². The first kappa shape index (κ1) is 38.5. The van der Waals surface area contributed by atoms with Crippen molar-refractivity contribution < 1.29 is 41.0 Å². The molecule has 0 bridgehead atoms. The summed E-state index contributed by atoms with van der Waals surface area (Å²) in [5, 5.41) is 13.7. The number of benzene rings is 2. The molecule has 7 nitrogen and oxygen atoms in total. The van der Waals surface area contributed by atoms with Crippen LogP contribution in [0.1, 0.15) is 74.3 Å². The lowest BCUT2D eigenvalue weighted by molar-refractivity contribution is -0.919. The van der Waals surface area contributed by atoms with E-state index in [1.807, 2.05) is 32.0 Å². The molecule has 0 radical (unpaired) electrons. The van der Waals surface area contributed by atoms with E-state index in [9.17, 15) is 9.59 Å². The third-order valence-electron chi connectivity index (χ3n) is 7.42. The summed E-state index contributed by atoms with van der Waals surface area (Å²) < 4.78 is 0.881. The molecule has 1 unspecified atom stereocenters. The highest BCUT2D eigenvalue weighted by atomic mass is 79.9. The first-order valence-corrected chi connectivity index (χ1v) is 14.6. The highest BCUT2D eigenvalue weighted by Crippen LogP contribution is 2.19. The molecule has 0 saturated heterocycles. The summed E-state index contributed by atoms with van der Waals surface area (Å²) in [6.07, 6.45) is 4.85. The van der Waals surface area contributed by atoms with E-state index in [0.29, 0.717) is 25.3 Å². The molecular weight excluding hydrogens is 582 g/mol. The van der Waals surface area contributed by atoms with Gasteiger partial charge in [-0.2, -0.15) is 0 Å².